The third-order valence-electron chi connectivity index (χ3n) is 4.66. The van der Waals surface area contributed by atoms with Crippen LogP contribution in [0.4, 0.5) is 10.2 Å². The van der Waals surface area contributed by atoms with Crippen LogP contribution in [-0.4, -0.2) is 20.7 Å². The zero-order valence-electron chi connectivity index (χ0n) is 13.7. The molecule has 1 aliphatic rings. The summed E-state index contributed by atoms with van der Waals surface area (Å²) >= 11 is 0. The van der Waals surface area contributed by atoms with Gasteiger partial charge in [0.1, 0.15) is 5.82 Å². The van der Waals surface area contributed by atoms with Crippen molar-refractivity contribution in [1.29, 1.82) is 0 Å². The maximum absolute atomic E-state index is 14.1. The molecule has 3 aromatic rings. The fourth-order valence-corrected chi connectivity index (χ4v) is 3.05. The normalized spacial score (nSPS) is 15.0. The van der Waals surface area contributed by atoms with Crippen molar-refractivity contribution in [2.45, 2.75) is 25.2 Å². The highest BCUT2D eigenvalue weighted by Gasteiger charge is 2.52. The number of carbonyl (C=O) groups is 1. The average molecular weight is 336 g/mol. The summed E-state index contributed by atoms with van der Waals surface area (Å²) in [6.45, 7) is 1.97. The molecular formula is C19H17FN4O. The van der Waals surface area contributed by atoms with Gasteiger partial charge in [-0.15, -0.1) is 5.10 Å². The van der Waals surface area contributed by atoms with Gasteiger partial charge in [0, 0.05) is 24.0 Å². The lowest BCUT2D eigenvalue weighted by Crippen LogP contribution is -2.29. The molecule has 5 nitrogen and oxygen atoms in total. The summed E-state index contributed by atoms with van der Waals surface area (Å²) < 4.78 is 15.8. The van der Waals surface area contributed by atoms with Crippen molar-refractivity contribution in [2.75, 3.05) is 5.32 Å². The molecule has 0 radical (unpaired) electrons. The SMILES string of the molecule is Cc1ccncc1-n1ccc(NC(=O)C2(c3ccccc3F)CC2)n1. The lowest BCUT2D eigenvalue weighted by molar-refractivity contribution is -0.118. The molecule has 2 aromatic heterocycles. The van der Waals surface area contributed by atoms with E-state index in [1.807, 2.05) is 13.0 Å². The van der Waals surface area contributed by atoms with Gasteiger partial charge in [-0.05, 0) is 37.5 Å². The first-order chi connectivity index (χ1) is 12.1. The van der Waals surface area contributed by atoms with E-state index in [1.54, 1.807) is 47.5 Å². The highest BCUT2D eigenvalue weighted by molar-refractivity contribution is 6.00. The molecule has 1 saturated carbocycles. The minimum atomic E-state index is -0.778. The van der Waals surface area contributed by atoms with E-state index >= 15 is 0 Å². The van der Waals surface area contributed by atoms with Crippen LogP contribution in [0.2, 0.25) is 0 Å². The van der Waals surface area contributed by atoms with Gasteiger partial charge in [0.2, 0.25) is 5.91 Å². The Kier molecular flexibility index (Phi) is 3.60. The quantitative estimate of drug-likeness (QED) is 0.794. The van der Waals surface area contributed by atoms with Crippen LogP contribution in [0.25, 0.3) is 5.69 Å². The zero-order chi connectivity index (χ0) is 17.4. The smallest absolute Gasteiger partial charge is 0.236 e. The van der Waals surface area contributed by atoms with Crippen molar-refractivity contribution < 1.29 is 9.18 Å². The Morgan fingerprint density at radius 1 is 1.24 bits per heavy atom. The van der Waals surface area contributed by atoms with Crippen molar-refractivity contribution in [3.8, 4) is 5.69 Å². The van der Waals surface area contributed by atoms with E-state index in [2.05, 4.69) is 15.4 Å². The molecule has 1 fully saturated rings. The first-order valence-electron chi connectivity index (χ1n) is 8.13. The summed E-state index contributed by atoms with van der Waals surface area (Å²) in [5.41, 5.74) is 1.55. The van der Waals surface area contributed by atoms with Crippen molar-refractivity contribution >= 4 is 11.7 Å². The number of benzene rings is 1. The Labute approximate surface area is 144 Å². The van der Waals surface area contributed by atoms with Crippen LogP contribution in [0, 0.1) is 12.7 Å². The first kappa shape index (κ1) is 15.5. The third-order valence-corrected chi connectivity index (χ3v) is 4.66. The number of halogens is 1. The van der Waals surface area contributed by atoms with E-state index in [4.69, 9.17) is 0 Å². The predicted molar refractivity (Wildman–Crippen MR) is 92.0 cm³/mol. The number of hydrogen-bond acceptors (Lipinski definition) is 3. The number of nitrogens with zero attached hydrogens (tertiary/aromatic N) is 3. The topological polar surface area (TPSA) is 59.8 Å². The number of pyridine rings is 1. The molecule has 1 aromatic carbocycles. The molecule has 0 aliphatic heterocycles. The summed E-state index contributed by atoms with van der Waals surface area (Å²) in [7, 11) is 0. The van der Waals surface area contributed by atoms with Gasteiger partial charge in [-0.25, -0.2) is 9.07 Å². The fourth-order valence-electron chi connectivity index (χ4n) is 3.05. The lowest BCUT2D eigenvalue weighted by atomic mass is 9.94. The highest BCUT2D eigenvalue weighted by atomic mass is 19.1. The van der Waals surface area contributed by atoms with Crippen molar-refractivity contribution in [1.82, 2.24) is 14.8 Å². The maximum Gasteiger partial charge on any atom is 0.236 e. The number of aromatic nitrogens is 3. The second-order valence-corrected chi connectivity index (χ2v) is 6.32. The molecule has 25 heavy (non-hydrogen) atoms. The minimum Gasteiger partial charge on any atom is -0.308 e. The number of nitrogens with one attached hydrogen (secondary N) is 1. The molecule has 1 N–H and O–H groups in total. The zero-order valence-corrected chi connectivity index (χ0v) is 13.7. The van der Waals surface area contributed by atoms with Gasteiger partial charge in [-0.3, -0.25) is 9.78 Å². The van der Waals surface area contributed by atoms with Crippen molar-refractivity contribution in [3.63, 3.8) is 0 Å². The fraction of sp³-hybridized carbons (Fsp3) is 0.211. The minimum absolute atomic E-state index is 0.217. The standard InChI is InChI=1S/C19H17FN4O/c1-13-6-10-21-12-16(13)24-11-7-17(23-24)22-18(25)19(8-9-19)14-4-2-3-5-15(14)20/h2-7,10-12H,8-9H2,1H3,(H,22,23,25). The predicted octanol–water partition coefficient (Wildman–Crippen LogP) is 3.39. The van der Waals surface area contributed by atoms with E-state index in [1.165, 1.54) is 6.07 Å². The number of aryl methyl sites for hydroxylation is 1. The lowest BCUT2D eigenvalue weighted by Gasteiger charge is -2.15. The Morgan fingerprint density at radius 3 is 2.76 bits per heavy atom. The largest absolute Gasteiger partial charge is 0.308 e. The van der Waals surface area contributed by atoms with E-state index < -0.39 is 5.41 Å². The maximum atomic E-state index is 14.1. The Hall–Kier alpha value is -3.02. The Morgan fingerprint density at radius 2 is 2.04 bits per heavy atom. The van der Waals surface area contributed by atoms with Gasteiger partial charge in [-0.2, -0.15) is 0 Å². The van der Waals surface area contributed by atoms with Gasteiger partial charge < -0.3 is 5.32 Å². The van der Waals surface area contributed by atoms with Gasteiger partial charge in [0.05, 0.1) is 17.3 Å². The number of hydrogen-bond donors (Lipinski definition) is 1. The molecule has 1 amide bonds. The number of rotatable bonds is 4. The second-order valence-electron chi connectivity index (χ2n) is 6.32. The van der Waals surface area contributed by atoms with Gasteiger partial charge in [0.25, 0.3) is 0 Å². The Balaban J connectivity index is 1.57. The van der Waals surface area contributed by atoms with Crippen molar-refractivity contribution in [3.05, 3.63) is 71.9 Å². The summed E-state index contributed by atoms with van der Waals surface area (Å²) in [5, 5.41) is 7.21. The molecule has 126 valence electrons. The molecule has 0 spiro atoms. The van der Waals surface area contributed by atoms with Gasteiger partial charge in [-0.1, -0.05) is 18.2 Å². The van der Waals surface area contributed by atoms with E-state index in [0.717, 1.165) is 11.3 Å². The van der Waals surface area contributed by atoms with E-state index in [9.17, 15) is 9.18 Å². The Bertz CT molecular complexity index is 946. The van der Waals surface area contributed by atoms with Crippen molar-refractivity contribution in [2.24, 2.45) is 0 Å². The molecular weight excluding hydrogens is 319 g/mol. The molecule has 2 heterocycles. The van der Waals surface area contributed by atoms with Gasteiger partial charge >= 0.3 is 0 Å². The third kappa shape index (κ3) is 2.69. The van der Waals surface area contributed by atoms with Crippen LogP contribution in [-0.2, 0) is 10.2 Å². The van der Waals surface area contributed by atoms with Gasteiger partial charge in [0.15, 0.2) is 5.82 Å². The summed E-state index contributed by atoms with van der Waals surface area (Å²) in [6, 6.07) is 10.1. The van der Waals surface area contributed by atoms with Crippen LogP contribution < -0.4 is 5.32 Å². The summed E-state index contributed by atoms with van der Waals surface area (Å²) in [4.78, 5) is 16.8. The molecule has 0 bridgehead atoms. The van der Waals surface area contributed by atoms with Crippen LogP contribution in [0.3, 0.4) is 0 Å². The second kappa shape index (κ2) is 5.81. The monoisotopic (exact) mass is 336 g/mol. The van der Waals surface area contributed by atoms with E-state index in [-0.39, 0.29) is 11.7 Å². The van der Waals surface area contributed by atoms with E-state index in [0.29, 0.717) is 24.2 Å². The molecule has 4 rings (SSSR count). The van der Waals surface area contributed by atoms with Crippen LogP contribution >= 0.6 is 0 Å². The number of carbonyl (C=O) groups excluding carboxylic acids is 1. The molecule has 0 saturated heterocycles. The molecule has 1 aliphatic carbocycles. The van der Waals surface area contributed by atoms with Crippen LogP contribution in [0.5, 0.6) is 0 Å². The first-order valence-corrected chi connectivity index (χ1v) is 8.13. The van der Waals surface area contributed by atoms with Crippen LogP contribution in [0.15, 0.2) is 55.0 Å². The number of anilines is 1. The molecule has 0 atom stereocenters. The average Bonchev–Trinajstić information content (AvgIpc) is 3.29. The molecule has 6 heteroatoms. The molecule has 0 unspecified atom stereocenters. The summed E-state index contributed by atoms with van der Waals surface area (Å²) in [6.07, 6.45) is 6.48. The number of amides is 1. The summed E-state index contributed by atoms with van der Waals surface area (Å²) in [5.74, 6) is -0.117. The van der Waals surface area contributed by atoms with Crippen LogP contribution in [0.1, 0.15) is 24.0 Å². The highest BCUT2D eigenvalue weighted by Crippen LogP contribution is 2.49.